The van der Waals surface area contributed by atoms with Crippen molar-refractivity contribution in [3.05, 3.63) is 0 Å². The van der Waals surface area contributed by atoms with Crippen LogP contribution in [0.1, 0.15) is 0 Å². The standard InChI is InChI=1S/C2HCl5S/c3-1(8-7)2(4,5)6/h1H. The van der Waals surface area contributed by atoms with Crippen molar-refractivity contribution in [1.29, 1.82) is 0 Å². The van der Waals surface area contributed by atoms with Gasteiger partial charge in [-0.2, -0.15) is 0 Å². The van der Waals surface area contributed by atoms with Gasteiger partial charge in [0.15, 0.2) is 0 Å². The highest BCUT2D eigenvalue weighted by Gasteiger charge is 2.30. The van der Waals surface area contributed by atoms with E-state index < -0.39 is 8.50 Å². The van der Waals surface area contributed by atoms with Gasteiger partial charge in [0, 0.05) is 0 Å². The van der Waals surface area contributed by atoms with Crippen LogP contribution < -0.4 is 0 Å². The second kappa shape index (κ2) is 3.85. The first-order valence-electron chi connectivity index (χ1n) is 1.46. The van der Waals surface area contributed by atoms with E-state index in [1.165, 1.54) is 0 Å². The lowest BCUT2D eigenvalue weighted by molar-refractivity contribution is 1.21. The summed E-state index contributed by atoms with van der Waals surface area (Å²) < 4.78 is -2.18. The van der Waals surface area contributed by atoms with Gasteiger partial charge in [0.1, 0.15) is 4.71 Å². The molecule has 0 aromatic carbocycles. The van der Waals surface area contributed by atoms with E-state index >= 15 is 0 Å². The van der Waals surface area contributed by atoms with Crippen LogP contribution in [0.5, 0.6) is 0 Å². The molecule has 0 bridgehead atoms. The smallest absolute Gasteiger partial charge is 0.105 e. The molecule has 0 saturated carbocycles. The summed E-state index contributed by atoms with van der Waals surface area (Å²) in [7, 11) is 5.94. The van der Waals surface area contributed by atoms with Crippen LogP contribution in [-0.2, 0) is 0 Å². The SMILES string of the molecule is ClSC(Cl)C(Cl)(Cl)Cl. The molecule has 0 N–H and O–H groups in total. The zero-order chi connectivity index (χ0) is 6.78. The largest absolute Gasteiger partial charge is 0.216 e. The number of halogens is 5. The van der Waals surface area contributed by atoms with Gasteiger partial charge in [0.2, 0.25) is 3.79 Å². The first-order chi connectivity index (χ1) is 3.48. The molecule has 0 aliphatic carbocycles. The summed E-state index contributed by atoms with van der Waals surface area (Å²) >= 11 is 21.2. The van der Waals surface area contributed by atoms with E-state index in [1.807, 2.05) is 0 Å². The average Bonchev–Trinajstić information content (AvgIpc) is 1.62. The van der Waals surface area contributed by atoms with Crippen molar-refractivity contribution < 1.29 is 0 Å². The minimum Gasteiger partial charge on any atom is -0.105 e. The Morgan fingerprint density at radius 1 is 1.25 bits per heavy atom. The molecule has 6 heteroatoms. The van der Waals surface area contributed by atoms with Crippen LogP contribution in [0.15, 0.2) is 0 Å². The Balaban J connectivity index is 3.62. The van der Waals surface area contributed by atoms with E-state index in [9.17, 15) is 0 Å². The highest BCUT2D eigenvalue weighted by Crippen LogP contribution is 2.41. The van der Waals surface area contributed by atoms with Gasteiger partial charge < -0.3 is 0 Å². The molecule has 0 aromatic heterocycles. The lowest BCUT2D eigenvalue weighted by Crippen LogP contribution is -2.13. The maximum atomic E-state index is 5.38. The monoisotopic (exact) mass is 232 g/mol. The molecule has 0 nitrogen and oxygen atoms in total. The van der Waals surface area contributed by atoms with Crippen molar-refractivity contribution in [2.24, 2.45) is 0 Å². The summed E-state index contributed by atoms with van der Waals surface area (Å²) in [5.74, 6) is 0. The second-order valence-electron chi connectivity index (χ2n) is 0.947. The molecule has 1 unspecified atom stereocenters. The molecule has 0 heterocycles. The zero-order valence-corrected chi connectivity index (χ0v) is 7.97. The molecule has 0 aliphatic heterocycles. The molecule has 0 spiro atoms. The number of alkyl halides is 4. The molecule has 0 aliphatic rings. The lowest BCUT2D eigenvalue weighted by Gasteiger charge is -2.12. The molecule has 0 aromatic rings. The molecular formula is C2HCl5S. The fourth-order valence-electron chi connectivity index (χ4n) is 0.0505. The van der Waals surface area contributed by atoms with Crippen LogP contribution in [0, 0.1) is 0 Å². The van der Waals surface area contributed by atoms with Crippen molar-refractivity contribution >= 4 is 68.1 Å². The normalized spacial score (nSPS) is 16.1. The summed E-state index contributed by atoms with van der Waals surface area (Å²) in [6.07, 6.45) is 0. The molecule has 50 valence electrons. The number of rotatable bonds is 1. The summed E-state index contributed by atoms with van der Waals surface area (Å²) in [4.78, 5) is 0. The van der Waals surface area contributed by atoms with Gasteiger partial charge in [-0.05, 0) is 21.7 Å². The maximum Gasteiger partial charge on any atom is 0.216 e. The van der Waals surface area contributed by atoms with Gasteiger partial charge in [0.25, 0.3) is 0 Å². The number of hydrogen-bond acceptors (Lipinski definition) is 1. The van der Waals surface area contributed by atoms with Crippen molar-refractivity contribution in [2.45, 2.75) is 8.50 Å². The Kier molecular flexibility index (Phi) is 4.71. The summed E-state index contributed by atoms with van der Waals surface area (Å²) in [5, 5.41) is 0. The molecule has 8 heavy (non-hydrogen) atoms. The van der Waals surface area contributed by atoms with Gasteiger partial charge in [-0.15, -0.1) is 11.6 Å². The van der Waals surface area contributed by atoms with Gasteiger partial charge in [-0.3, -0.25) is 0 Å². The Hall–Kier alpha value is 1.80. The van der Waals surface area contributed by atoms with Crippen molar-refractivity contribution in [1.82, 2.24) is 0 Å². The first kappa shape index (κ1) is 9.80. The van der Waals surface area contributed by atoms with Crippen LogP contribution in [0.3, 0.4) is 0 Å². The third-order valence-corrected chi connectivity index (χ3v) is 3.63. The van der Waals surface area contributed by atoms with E-state index in [0.29, 0.717) is 0 Å². The lowest BCUT2D eigenvalue weighted by atomic mass is 10.9. The fraction of sp³-hybridized carbons (Fsp3) is 1.00. The summed E-state index contributed by atoms with van der Waals surface area (Å²) in [6, 6.07) is 0. The summed E-state index contributed by atoms with van der Waals surface area (Å²) in [6.45, 7) is 0. The van der Waals surface area contributed by atoms with Gasteiger partial charge in [0.05, 0.1) is 0 Å². The molecule has 0 amide bonds. The van der Waals surface area contributed by atoms with Crippen molar-refractivity contribution in [3.8, 4) is 0 Å². The Morgan fingerprint density at radius 2 is 1.62 bits per heavy atom. The van der Waals surface area contributed by atoms with Crippen LogP contribution >= 0.6 is 68.1 Å². The van der Waals surface area contributed by atoms with E-state index in [-0.39, 0.29) is 0 Å². The maximum absolute atomic E-state index is 5.38. The minimum absolute atomic E-state index is 0.700. The van der Waals surface area contributed by atoms with E-state index in [1.54, 1.807) is 0 Å². The molecule has 0 fully saturated rings. The molecule has 0 rings (SSSR count). The van der Waals surface area contributed by atoms with Crippen LogP contribution in [0.4, 0.5) is 0 Å². The predicted octanol–water partition coefficient (Wildman–Crippen LogP) is 3.81. The van der Waals surface area contributed by atoms with E-state index in [2.05, 4.69) is 0 Å². The fourth-order valence-corrected chi connectivity index (χ4v) is 1.36. The van der Waals surface area contributed by atoms with E-state index in [4.69, 9.17) is 57.1 Å². The molecule has 0 radical (unpaired) electrons. The predicted molar refractivity (Wildman–Crippen MR) is 43.4 cm³/mol. The van der Waals surface area contributed by atoms with Gasteiger partial charge in [-0.1, -0.05) is 34.8 Å². The third kappa shape index (κ3) is 3.76. The Morgan fingerprint density at radius 3 is 1.62 bits per heavy atom. The van der Waals surface area contributed by atoms with Gasteiger partial charge in [-0.25, -0.2) is 0 Å². The van der Waals surface area contributed by atoms with Crippen LogP contribution in [0.2, 0.25) is 0 Å². The first-order valence-corrected chi connectivity index (χ1v) is 4.74. The molecule has 1 atom stereocenters. The third-order valence-electron chi connectivity index (χ3n) is 0.336. The van der Waals surface area contributed by atoms with Crippen LogP contribution in [0.25, 0.3) is 0 Å². The van der Waals surface area contributed by atoms with Crippen molar-refractivity contribution in [2.75, 3.05) is 0 Å². The second-order valence-corrected chi connectivity index (χ2v) is 5.19. The molecule has 0 saturated heterocycles. The minimum atomic E-state index is -1.48. The van der Waals surface area contributed by atoms with E-state index in [0.717, 1.165) is 11.0 Å². The average molecular weight is 234 g/mol. The molecular weight excluding hydrogens is 233 g/mol. The quantitative estimate of drug-likeness (QED) is 0.622. The summed E-state index contributed by atoms with van der Waals surface area (Å²) in [5.41, 5.74) is 0. The van der Waals surface area contributed by atoms with Gasteiger partial charge >= 0.3 is 0 Å². The Labute approximate surface area is 76.2 Å². The Bertz CT molecular complexity index is 67.3. The topological polar surface area (TPSA) is 0 Å². The highest BCUT2D eigenvalue weighted by molar-refractivity contribution is 8.22. The number of hydrogen-bond donors (Lipinski definition) is 0. The zero-order valence-electron chi connectivity index (χ0n) is 3.38. The van der Waals surface area contributed by atoms with Crippen molar-refractivity contribution in [3.63, 3.8) is 0 Å². The van der Waals surface area contributed by atoms with Crippen LogP contribution in [-0.4, -0.2) is 8.50 Å². The highest BCUT2D eigenvalue weighted by atomic mass is 35.7.